The molecule has 6 nitrogen and oxygen atoms in total. The molecule has 7 heteroatoms. The molecule has 0 atom stereocenters. The molecule has 2 heterocycles. The molecule has 0 aliphatic heterocycles. The molecule has 0 amide bonds. The van der Waals surface area contributed by atoms with Crippen LogP contribution in [-0.4, -0.2) is 34.7 Å². The van der Waals surface area contributed by atoms with Crippen LogP contribution in [0.15, 0.2) is 17.4 Å². The number of esters is 1. The minimum Gasteiger partial charge on any atom is -0.465 e. The van der Waals surface area contributed by atoms with Crippen LogP contribution < -0.4 is 0 Å². The number of pyridine rings is 1. The smallest absolute Gasteiger partial charge is 0.340 e. The fourth-order valence-electron chi connectivity index (χ4n) is 1.38. The van der Waals surface area contributed by atoms with Crippen molar-refractivity contribution in [3.05, 3.63) is 23.1 Å². The van der Waals surface area contributed by atoms with Gasteiger partial charge >= 0.3 is 5.97 Å². The summed E-state index contributed by atoms with van der Waals surface area (Å²) in [5.41, 5.74) is 0.865. The first-order chi connectivity index (χ1) is 8.17. The zero-order valence-corrected chi connectivity index (χ0v) is 9.60. The van der Waals surface area contributed by atoms with Crippen molar-refractivity contribution in [2.75, 3.05) is 7.11 Å². The van der Waals surface area contributed by atoms with Gasteiger partial charge in [-0.05, 0) is 12.8 Å². The van der Waals surface area contributed by atoms with Gasteiger partial charge in [-0.15, -0.1) is 0 Å². The molecule has 0 aliphatic carbocycles. The van der Waals surface area contributed by atoms with Gasteiger partial charge in [0.25, 0.3) is 0 Å². The van der Waals surface area contributed by atoms with Gasteiger partial charge in [-0.3, -0.25) is 0 Å². The number of nitrogens with zero attached hydrogens (tertiary/aromatic N) is 4. The number of rotatable bonds is 2. The summed E-state index contributed by atoms with van der Waals surface area (Å²) in [5, 5.41) is 0.137. The highest BCUT2D eigenvalue weighted by Gasteiger charge is 2.16. The zero-order chi connectivity index (χ0) is 12.4. The molecule has 0 saturated heterocycles. The van der Waals surface area contributed by atoms with E-state index in [9.17, 15) is 4.79 Å². The monoisotopic (exact) mass is 250 g/mol. The maximum absolute atomic E-state index is 11.6. The van der Waals surface area contributed by atoms with Crippen LogP contribution in [0.25, 0.3) is 11.0 Å². The number of aliphatic imine (C=N–C) groups is 1. The molecule has 0 aliphatic rings. The van der Waals surface area contributed by atoms with Crippen LogP contribution in [0.1, 0.15) is 10.4 Å². The molecule has 2 aromatic rings. The Morgan fingerprint density at radius 2 is 2.24 bits per heavy atom. The second-order valence-electron chi connectivity index (χ2n) is 3.04. The molecule has 17 heavy (non-hydrogen) atoms. The topological polar surface area (TPSA) is 77.3 Å². The molecule has 0 spiro atoms. The molecule has 2 aromatic heterocycles. The molecular formula is C10H7ClN4O2. The van der Waals surface area contributed by atoms with Crippen molar-refractivity contribution in [1.29, 1.82) is 0 Å². The highest BCUT2D eigenvalue weighted by atomic mass is 35.5. The minimum absolute atomic E-state index is 0.137. The van der Waals surface area contributed by atoms with Gasteiger partial charge in [0.1, 0.15) is 22.5 Å². The second kappa shape index (κ2) is 4.42. The highest BCUT2D eigenvalue weighted by molar-refractivity contribution is 6.30. The molecule has 0 N–H and O–H groups in total. The van der Waals surface area contributed by atoms with E-state index in [1.54, 1.807) is 0 Å². The lowest BCUT2D eigenvalue weighted by Crippen LogP contribution is -2.04. The van der Waals surface area contributed by atoms with E-state index in [-0.39, 0.29) is 16.5 Å². The average molecular weight is 251 g/mol. The zero-order valence-electron chi connectivity index (χ0n) is 8.85. The third kappa shape index (κ3) is 1.94. The van der Waals surface area contributed by atoms with E-state index in [2.05, 4.69) is 31.4 Å². The maximum atomic E-state index is 11.6. The summed E-state index contributed by atoms with van der Waals surface area (Å²) in [6, 6.07) is 1.38. The van der Waals surface area contributed by atoms with Crippen molar-refractivity contribution >= 4 is 41.1 Å². The van der Waals surface area contributed by atoms with Crippen molar-refractivity contribution in [2.45, 2.75) is 0 Å². The van der Waals surface area contributed by atoms with Gasteiger partial charge in [-0.2, -0.15) is 0 Å². The Kier molecular flexibility index (Phi) is 2.97. The van der Waals surface area contributed by atoms with Crippen molar-refractivity contribution in [3.63, 3.8) is 0 Å². The predicted octanol–water partition coefficient (Wildman–Crippen LogP) is 1.80. The Labute approximate surface area is 101 Å². The molecule has 0 unspecified atom stereocenters. The van der Waals surface area contributed by atoms with Gasteiger partial charge in [0.05, 0.1) is 12.7 Å². The quantitative estimate of drug-likeness (QED) is 0.461. The van der Waals surface area contributed by atoms with Crippen LogP contribution in [-0.2, 0) is 4.74 Å². The van der Waals surface area contributed by atoms with Gasteiger partial charge in [0, 0.05) is 0 Å². The summed E-state index contributed by atoms with van der Waals surface area (Å²) in [5.74, 6) is -0.282. The summed E-state index contributed by atoms with van der Waals surface area (Å²) in [6.07, 6.45) is 1.27. The van der Waals surface area contributed by atoms with E-state index in [1.165, 1.54) is 19.5 Å². The Bertz CT molecular complexity index is 615. The van der Waals surface area contributed by atoms with E-state index in [0.29, 0.717) is 11.0 Å². The van der Waals surface area contributed by atoms with Gasteiger partial charge in [-0.25, -0.2) is 24.7 Å². The summed E-state index contributed by atoms with van der Waals surface area (Å²) in [6.45, 7) is 3.37. The largest absolute Gasteiger partial charge is 0.465 e. The van der Waals surface area contributed by atoms with Crippen LogP contribution in [0.2, 0.25) is 5.15 Å². The Hall–Kier alpha value is -2.08. The number of ether oxygens (including phenoxy) is 1. The van der Waals surface area contributed by atoms with Gasteiger partial charge in [0.15, 0.2) is 5.82 Å². The first-order valence-corrected chi connectivity index (χ1v) is 4.91. The van der Waals surface area contributed by atoms with Crippen LogP contribution in [0.5, 0.6) is 0 Å². The number of hydrogen-bond acceptors (Lipinski definition) is 6. The predicted molar refractivity (Wildman–Crippen MR) is 62.9 cm³/mol. The van der Waals surface area contributed by atoms with Crippen molar-refractivity contribution in [3.8, 4) is 0 Å². The number of fused-ring (bicyclic) bond motifs is 1. The highest BCUT2D eigenvalue weighted by Crippen LogP contribution is 2.25. The third-order valence-corrected chi connectivity index (χ3v) is 2.29. The maximum Gasteiger partial charge on any atom is 0.340 e. The van der Waals surface area contributed by atoms with Crippen LogP contribution in [0.4, 0.5) is 5.82 Å². The summed E-state index contributed by atoms with van der Waals surface area (Å²) in [4.78, 5) is 27.1. The van der Waals surface area contributed by atoms with Gasteiger partial charge in [0.2, 0.25) is 0 Å². The number of halogens is 1. The molecule has 0 saturated carbocycles. The average Bonchev–Trinajstić information content (AvgIpc) is 2.36. The van der Waals surface area contributed by atoms with E-state index in [1.807, 2.05) is 0 Å². The van der Waals surface area contributed by atoms with Crippen LogP contribution in [0, 0.1) is 0 Å². The van der Waals surface area contributed by atoms with Crippen LogP contribution >= 0.6 is 11.6 Å². The lowest BCUT2D eigenvalue weighted by Gasteiger charge is -2.05. The van der Waals surface area contributed by atoms with Crippen molar-refractivity contribution < 1.29 is 9.53 Å². The third-order valence-electron chi connectivity index (χ3n) is 2.10. The van der Waals surface area contributed by atoms with E-state index < -0.39 is 5.97 Å². The van der Waals surface area contributed by atoms with E-state index in [0.717, 1.165) is 0 Å². The van der Waals surface area contributed by atoms with Gasteiger partial charge < -0.3 is 4.74 Å². The minimum atomic E-state index is -0.548. The normalized spacial score (nSPS) is 10.2. The number of aromatic nitrogens is 3. The molecule has 2 rings (SSSR count). The number of carbonyl (C=O) groups excluding carboxylic acids is 1. The SMILES string of the molecule is C=Nc1ncnc2c(C(=O)OC)cc(Cl)nc12. The molecule has 0 fully saturated rings. The lowest BCUT2D eigenvalue weighted by molar-refractivity contribution is 0.0602. The second-order valence-corrected chi connectivity index (χ2v) is 3.42. The molecule has 0 aromatic carbocycles. The molecule has 0 bridgehead atoms. The number of methoxy groups -OCH3 is 1. The fourth-order valence-corrected chi connectivity index (χ4v) is 1.57. The van der Waals surface area contributed by atoms with Crippen molar-refractivity contribution in [2.24, 2.45) is 4.99 Å². The Morgan fingerprint density at radius 3 is 2.88 bits per heavy atom. The summed E-state index contributed by atoms with van der Waals surface area (Å²) in [7, 11) is 1.27. The van der Waals surface area contributed by atoms with Crippen molar-refractivity contribution in [1.82, 2.24) is 15.0 Å². The molecule has 86 valence electrons. The van der Waals surface area contributed by atoms with Crippen LogP contribution in [0.3, 0.4) is 0 Å². The summed E-state index contributed by atoms with van der Waals surface area (Å²) >= 11 is 5.82. The number of carbonyl (C=O) groups is 1. The lowest BCUT2D eigenvalue weighted by atomic mass is 10.2. The first kappa shape index (κ1) is 11.4. The molecular weight excluding hydrogens is 244 g/mol. The summed E-state index contributed by atoms with van der Waals surface area (Å²) < 4.78 is 4.64. The Balaban J connectivity index is 2.85. The number of hydrogen-bond donors (Lipinski definition) is 0. The van der Waals surface area contributed by atoms with E-state index >= 15 is 0 Å². The van der Waals surface area contributed by atoms with Gasteiger partial charge in [-0.1, -0.05) is 11.6 Å². The standard InChI is InChI=1S/C10H7ClN4O2/c1-12-9-8-7(13-4-14-9)5(10(16)17-2)3-6(11)15-8/h3-4H,1H2,2H3. The van der Waals surface area contributed by atoms with E-state index in [4.69, 9.17) is 11.6 Å². The fraction of sp³-hybridized carbons (Fsp3) is 0.100. The molecule has 0 radical (unpaired) electrons. The Morgan fingerprint density at radius 1 is 1.47 bits per heavy atom. The first-order valence-electron chi connectivity index (χ1n) is 4.53.